The van der Waals surface area contributed by atoms with E-state index in [2.05, 4.69) is 20.8 Å². The van der Waals surface area contributed by atoms with Gasteiger partial charge in [-0.2, -0.15) is 9.40 Å². The summed E-state index contributed by atoms with van der Waals surface area (Å²) >= 11 is 0. The zero-order valence-electron chi connectivity index (χ0n) is 17.7. The van der Waals surface area contributed by atoms with Crippen LogP contribution in [0.15, 0.2) is 59.6 Å². The van der Waals surface area contributed by atoms with Gasteiger partial charge in [0.15, 0.2) is 0 Å². The molecule has 1 aliphatic heterocycles. The first-order valence-corrected chi connectivity index (χ1v) is 11.8. The number of aromatic nitrogens is 2. The first-order chi connectivity index (χ1) is 15.5. The van der Waals surface area contributed by atoms with Gasteiger partial charge in [-0.15, -0.1) is 0 Å². The minimum absolute atomic E-state index is 0.115. The Balaban J connectivity index is 1.55. The predicted octanol–water partition coefficient (Wildman–Crippen LogP) is 3.90. The van der Waals surface area contributed by atoms with Crippen molar-refractivity contribution in [3.05, 3.63) is 54.7 Å². The van der Waals surface area contributed by atoms with Gasteiger partial charge in [-0.1, -0.05) is 36.8 Å². The van der Waals surface area contributed by atoms with Crippen molar-refractivity contribution < 1.29 is 17.9 Å². The third-order valence-electron chi connectivity index (χ3n) is 5.32. The summed E-state index contributed by atoms with van der Waals surface area (Å²) in [4.78, 5) is 12.8. The fraction of sp³-hybridized carbons (Fsp3) is 0.273. The normalized spacial score (nSPS) is 14.7. The largest absolute Gasteiger partial charge is 0.495 e. The van der Waals surface area contributed by atoms with Crippen molar-refractivity contribution >= 4 is 27.4 Å². The number of anilines is 2. The Morgan fingerprint density at radius 2 is 1.75 bits per heavy atom. The maximum atomic E-state index is 13.0. The van der Waals surface area contributed by atoms with Gasteiger partial charge < -0.3 is 15.4 Å². The van der Waals surface area contributed by atoms with Crippen LogP contribution in [0.25, 0.3) is 11.3 Å². The SMILES string of the molecule is COc1ccc(S(=O)(=O)N2CCCCC2)cc1NC(=O)Nc1cn[nH]c1-c1ccccc1. The maximum Gasteiger partial charge on any atom is 0.323 e. The molecule has 0 radical (unpaired) electrons. The highest BCUT2D eigenvalue weighted by Crippen LogP contribution is 2.31. The number of carbonyl (C=O) groups is 1. The van der Waals surface area contributed by atoms with Crippen molar-refractivity contribution in [1.29, 1.82) is 0 Å². The number of sulfonamides is 1. The van der Waals surface area contributed by atoms with Gasteiger partial charge in [0.05, 0.1) is 35.3 Å². The van der Waals surface area contributed by atoms with Gasteiger partial charge in [0.25, 0.3) is 0 Å². The van der Waals surface area contributed by atoms with Gasteiger partial charge >= 0.3 is 6.03 Å². The molecule has 0 bridgehead atoms. The van der Waals surface area contributed by atoms with E-state index < -0.39 is 16.1 Å². The van der Waals surface area contributed by atoms with Gasteiger partial charge in [-0.05, 0) is 31.0 Å². The number of hydrogen-bond donors (Lipinski definition) is 3. The first kappa shape index (κ1) is 21.8. The number of ether oxygens (including phenoxy) is 1. The number of H-pyrrole nitrogens is 1. The van der Waals surface area contributed by atoms with Gasteiger partial charge in [-0.25, -0.2) is 13.2 Å². The summed E-state index contributed by atoms with van der Waals surface area (Å²) in [5.74, 6) is 0.355. The highest BCUT2D eigenvalue weighted by atomic mass is 32.2. The van der Waals surface area contributed by atoms with Gasteiger partial charge in [0.2, 0.25) is 10.0 Å². The lowest BCUT2D eigenvalue weighted by atomic mass is 10.1. The van der Waals surface area contributed by atoms with Crippen LogP contribution in [0.2, 0.25) is 0 Å². The van der Waals surface area contributed by atoms with E-state index in [1.54, 1.807) is 6.07 Å². The predicted molar refractivity (Wildman–Crippen MR) is 122 cm³/mol. The van der Waals surface area contributed by atoms with Crippen LogP contribution in [-0.4, -0.2) is 49.2 Å². The summed E-state index contributed by atoms with van der Waals surface area (Å²) < 4.78 is 32.9. The molecule has 0 atom stereocenters. The van der Waals surface area contributed by atoms with Crippen LogP contribution in [-0.2, 0) is 10.0 Å². The minimum atomic E-state index is -3.65. The third-order valence-corrected chi connectivity index (χ3v) is 7.22. The van der Waals surface area contributed by atoms with Gasteiger partial charge in [0, 0.05) is 18.7 Å². The Bertz CT molecular complexity index is 1190. The fourth-order valence-corrected chi connectivity index (χ4v) is 5.23. The molecule has 0 unspecified atom stereocenters. The number of nitrogens with one attached hydrogen (secondary N) is 3. The first-order valence-electron chi connectivity index (χ1n) is 10.3. The highest BCUT2D eigenvalue weighted by molar-refractivity contribution is 7.89. The number of rotatable bonds is 6. The van der Waals surface area contributed by atoms with E-state index in [-0.39, 0.29) is 10.6 Å². The van der Waals surface area contributed by atoms with Crippen LogP contribution in [0.5, 0.6) is 5.75 Å². The molecule has 0 spiro atoms. The van der Waals surface area contributed by atoms with Crippen LogP contribution in [0, 0.1) is 0 Å². The summed E-state index contributed by atoms with van der Waals surface area (Å²) in [5.41, 5.74) is 2.28. The summed E-state index contributed by atoms with van der Waals surface area (Å²) in [7, 11) is -2.19. The number of amides is 2. The number of hydrogen-bond acceptors (Lipinski definition) is 5. The highest BCUT2D eigenvalue weighted by Gasteiger charge is 2.27. The Hall–Kier alpha value is -3.37. The molecule has 1 aromatic heterocycles. The smallest absolute Gasteiger partial charge is 0.323 e. The molecule has 1 saturated heterocycles. The molecule has 2 heterocycles. The molecule has 1 aliphatic rings. The fourth-order valence-electron chi connectivity index (χ4n) is 3.68. The van der Waals surface area contributed by atoms with Crippen LogP contribution in [0.3, 0.4) is 0 Å². The molecule has 0 saturated carbocycles. The van der Waals surface area contributed by atoms with Crippen molar-refractivity contribution in [2.75, 3.05) is 30.8 Å². The van der Waals surface area contributed by atoms with E-state index >= 15 is 0 Å². The minimum Gasteiger partial charge on any atom is -0.495 e. The van der Waals surface area contributed by atoms with Crippen molar-refractivity contribution in [3.8, 4) is 17.0 Å². The molecule has 0 aliphatic carbocycles. The summed E-state index contributed by atoms with van der Waals surface area (Å²) in [5, 5.41) is 12.3. The number of methoxy groups -OCH3 is 1. The van der Waals surface area contributed by atoms with E-state index in [1.807, 2.05) is 30.3 Å². The van der Waals surface area contributed by atoms with E-state index in [9.17, 15) is 13.2 Å². The van der Waals surface area contributed by atoms with E-state index in [4.69, 9.17) is 4.74 Å². The maximum absolute atomic E-state index is 13.0. The second-order valence-corrected chi connectivity index (χ2v) is 9.37. The summed E-state index contributed by atoms with van der Waals surface area (Å²) in [6.07, 6.45) is 4.23. The summed E-state index contributed by atoms with van der Waals surface area (Å²) in [6, 6.07) is 13.4. The Labute approximate surface area is 186 Å². The molecular formula is C22H25N5O4S. The Morgan fingerprint density at radius 3 is 2.47 bits per heavy atom. The second-order valence-electron chi connectivity index (χ2n) is 7.43. The number of carbonyl (C=O) groups excluding carboxylic acids is 1. The lowest BCUT2D eigenvalue weighted by Gasteiger charge is -2.26. The summed E-state index contributed by atoms with van der Waals surface area (Å²) in [6.45, 7) is 1.00. The molecular weight excluding hydrogens is 430 g/mol. The number of urea groups is 1. The van der Waals surface area contributed by atoms with Gasteiger partial charge in [0.1, 0.15) is 5.75 Å². The molecule has 1 fully saturated rings. The molecule has 10 heteroatoms. The number of aromatic amines is 1. The third kappa shape index (κ3) is 4.61. The average Bonchev–Trinajstić information content (AvgIpc) is 3.28. The van der Waals surface area contributed by atoms with Crippen molar-refractivity contribution in [2.45, 2.75) is 24.2 Å². The molecule has 2 aromatic carbocycles. The van der Waals surface area contributed by atoms with Crippen LogP contribution in [0.4, 0.5) is 16.2 Å². The molecule has 9 nitrogen and oxygen atoms in total. The Kier molecular flexibility index (Phi) is 6.42. The quantitative estimate of drug-likeness (QED) is 0.521. The van der Waals surface area contributed by atoms with Crippen molar-refractivity contribution in [1.82, 2.24) is 14.5 Å². The van der Waals surface area contributed by atoms with E-state index in [0.29, 0.717) is 30.2 Å². The zero-order valence-corrected chi connectivity index (χ0v) is 18.5. The van der Waals surface area contributed by atoms with Gasteiger partial charge in [-0.3, -0.25) is 5.10 Å². The van der Waals surface area contributed by atoms with Crippen LogP contribution < -0.4 is 15.4 Å². The molecule has 168 valence electrons. The van der Waals surface area contributed by atoms with E-state index in [1.165, 1.54) is 29.7 Å². The topological polar surface area (TPSA) is 116 Å². The van der Waals surface area contributed by atoms with Crippen LogP contribution in [0.1, 0.15) is 19.3 Å². The van der Waals surface area contributed by atoms with E-state index in [0.717, 1.165) is 24.8 Å². The molecule has 2 amide bonds. The molecule has 32 heavy (non-hydrogen) atoms. The standard InChI is InChI=1S/C22H25N5O4S/c1-31-20-11-10-17(32(29,30)27-12-6-3-7-13-27)14-18(20)24-22(28)25-19-15-23-26-21(19)16-8-4-2-5-9-16/h2,4-5,8-11,14-15H,3,6-7,12-13H2,1H3,(H,23,26)(H2,24,25,28). The van der Waals surface area contributed by atoms with Crippen LogP contribution >= 0.6 is 0 Å². The van der Waals surface area contributed by atoms with Crippen molar-refractivity contribution in [3.63, 3.8) is 0 Å². The lowest BCUT2D eigenvalue weighted by Crippen LogP contribution is -2.35. The molecule has 4 rings (SSSR count). The monoisotopic (exact) mass is 455 g/mol. The average molecular weight is 456 g/mol. The number of benzene rings is 2. The number of nitrogens with zero attached hydrogens (tertiary/aromatic N) is 2. The number of piperidine rings is 1. The molecule has 3 N–H and O–H groups in total. The molecule has 3 aromatic rings. The lowest BCUT2D eigenvalue weighted by molar-refractivity contribution is 0.262. The van der Waals surface area contributed by atoms with Crippen molar-refractivity contribution in [2.24, 2.45) is 0 Å². The Morgan fingerprint density at radius 1 is 1.03 bits per heavy atom. The second kappa shape index (κ2) is 9.41. The zero-order chi connectivity index (χ0) is 22.6.